The van der Waals surface area contributed by atoms with E-state index in [0.29, 0.717) is 13.2 Å². The van der Waals surface area contributed by atoms with E-state index >= 15 is 0 Å². The SMILES string of the molecule is CC(C)(CNC(=O)COc1ccccc1F)N1CCOC1=O. The molecule has 1 N–H and O–H groups in total. The number of nitrogens with one attached hydrogen (secondary N) is 1. The molecule has 0 atom stereocenters. The van der Waals surface area contributed by atoms with Crippen molar-refractivity contribution in [2.45, 2.75) is 19.4 Å². The van der Waals surface area contributed by atoms with Crippen molar-refractivity contribution in [2.75, 3.05) is 26.3 Å². The second-order valence-corrected chi connectivity index (χ2v) is 5.57. The third-order valence-corrected chi connectivity index (χ3v) is 3.41. The van der Waals surface area contributed by atoms with Crippen LogP contribution in [-0.2, 0) is 9.53 Å². The van der Waals surface area contributed by atoms with Gasteiger partial charge in [-0.1, -0.05) is 12.1 Å². The summed E-state index contributed by atoms with van der Waals surface area (Å²) >= 11 is 0. The summed E-state index contributed by atoms with van der Waals surface area (Å²) in [6.07, 6.45) is -0.387. The maximum Gasteiger partial charge on any atom is 0.410 e. The van der Waals surface area contributed by atoms with Crippen LogP contribution in [-0.4, -0.2) is 48.7 Å². The summed E-state index contributed by atoms with van der Waals surface area (Å²) < 4.78 is 23.4. The Morgan fingerprint density at radius 2 is 2.18 bits per heavy atom. The Labute approximate surface area is 128 Å². The minimum atomic E-state index is -0.568. The Balaban J connectivity index is 1.80. The van der Waals surface area contributed by atoms with E-state index in [-0.39, 0.29) is 30.9 Å². The van der Waals surface area contributed by atoms with Crippen molar-refractivity contribution >= 4 is 12.0 Å². The lowest BCUT2D eigenvalue weighted by Gasteiger charge is -2.33. The standard InChI is InChI=1S/C15H19FN2O4/c1-15(2,18-7-8-21-14(18)20)10-17-13(19)9-22-12-6-4-3-5-11(12)16/h3-6H,7-10H2,1-2H3,(H,17,19). The van der Waals surface area contributed by atoms with Gasteiger partial charge in [0.15, 0.2) is 18.2 Å². The van der Waals surface area contributed by atoms with Crippen molar-refractivity contribution in [3.05, 3.63) is 30.1 Å². The van der Waals surface area contributed by atoms with Crippen LogP contribution in [0.2, 0.25) is 0 Å². The van der Waals surface area contributed by atoms with Gasteiger partial charge in [-0.2, -0.15) is 0 Å². The van der Waals surface area contributed by atoms with Crippen LogP contribution in [0, 0.1) is 5.82 Å². The van der Waals surface area contributed by atoms with Crippen LogP contribution in [0.1, 0.15) is 13.8 Å². The quantitative estimate of drug-likeness (QED) is 0.865. The van der Waals surface area contributed by atoms with Crippen molar-refractivity contribution in [3.8, 4) is 5.75 Å². The minimum absolute atomic E-state index is 0.0278. The first kappa shape index (κ1) is 16.1. The van der Waals surface area contributed by atoms with Gasteiger partial charge in [-0.05, 0) is 26.0 Å². The first-order valence-electron chi connectivity index (χ1n) is 6.98. The van der Waals surface area contributed by atoms with Crippen molar-refractivity contribution in [1.29, 1.82) is 0 Å². The molecule has 1 aromatic rings. The largest absolute Gasteiger partial charge is 0.481 e. The molecule has 1 aliphatic rings. The second-order valence-electron chi connectivity index (χ2n) is 5.57. The number of cyclic esters (lactones) is 1. The summed E-state index contributed by atoms with van der Waals surface area (Å²) in [5.41, 5.74) is -0.568. The van der Waals surface area contributed by atoms with Crippen molar-refractivity contribution in [3.63, 3.8) is 0 Å². The molecule has 0 unspecified atom stereocenters. The molecule has 2 rings (SSSR count). The lowest BCUT2D eigenvalue weighted by molar-refractivity contribution is -0.123. The number of carbonyl (C=O) groups is 2. The molecule has 0 saturated carbocycles. The van der Waals surface area contributed by atoms with Gasteiger partial charge >= 0.3 is 6.09 Å². The van der Waals surface area contributed by atoms with Gasteiger partial charge in [0.05, 0.1) is 12.1 Å². The third-order valence-electron chi connectivity index (χ3n) is 3.41. The Hall–Kier alpha value is -2.31. The Bertz CT molecular complexity index is 562. The molecule has 7 heteroatoms. The fraction of sp³-hybridized carbons (Fsp3) is 0.467. The van der Waals surface area contributed by atoms with E-state index in [4.69, 9.17) is 9.47 Å². The molecule has 1 fully saturated rings. The summed E-state index contributed by atoms with van der Waals surface area (Å²) in [5, 5.41) is 2.67. The predicted octanol–water partition coefficient (Wildman–Crippen LogP) is 1.55. The van der Waals surface area contributed by atoms with E-state index in [2.05, 4.69) is 5.32 Å². The highest BCUT2D eigenvalue weighted by atomic mass is 19.1. The van der Waals surface area contributed by atoms with Crippen LogP contribution in [0.4, 0.5) is 9.18 Å². The molecule has 0 spiro atoms. The summed E-state index contributed by atoms with van der Waals surface area (Å²) in [6.45, 7) is 4.47. The zero-order chi connectivity index (χ0) is 16.2. The number of halogens is 1. The van der Waals surface area contributed by atoms with Crippen LogP contribution in [0.3, 0.4) is 0 Å². The fourth-order valence-corrected chi connectivity index (χ4v) is 2.11. The van der Waals surface area contributed by atoms with Crippen LogP contribution in [0.5, 0.6) is 5.75 Å². The van der Waals surface area contributed by atoms with Gasteiger partial charge in [0.1, 0.15) is 6.61 Å². The summed E-state index contributed by atoms with van der Waals surface area (Å²) in [6, 6.07) is 5.88. The van der Waals surface area contributed by atoms with Crippen LogP contribution in [0.15, 0.2) is 24.3 Å². The highest BCUT2D eigenvalue weighted by Crippen LogP contribution is 2.18. The van der Waals surface area contributed by atoms with E-state index in [1.807, 2.05) is 13.8 Å². The molecule has 1 aromatic carbocycles. The molecule has 0 aliphatic carbocycles. The molecule has 1 saturated heterocycles. The average Bonchev–Trinajstić information content (AvgIpc) is 2.91. The van der Waals surface area contributed by atoms with Crippen molar-refractivity contribution in [1.82, 2.24) is 10.2 Å². The molecular formula is C15H19FN2O4. The number of ether oxygens (including phenoxy) is 2. The summed E-state index contributed by atoms with van der Waals surface area (Å²) in [5.74, 6) is -0.876. The van der Waals surface area contributed by atoms with Crippen molar-refractivity contribution in [2.24, 2.45) is 0 Å². The predicted molar refractivity (Wildman–Crippen MR) is 77.0 cm³/mol. The third kappa shape index (κ3) is 3.87. The number of carbonyl (C=O) groups excluding carboxylic acids is 2. The zero-order valence-corrected chi connectivity index (χ0v) is 12.6. The number of benzene rings is 1. The van der Waals surface area contributed by atoms with E-state index in [9.17, 15) is 14.0 Å². The average molecular weight is 310 g/mol. The number of hydrogen-bond donors (Lipinski definition) is 1. The number of nitrogens with zero attached hydrogens (tertiary/aromatic N) is 1. The van der Waals surface area contributed by atoms with E-state index in [0.717, 1.165) is 0 Å². The van der Waals surface area contributed by atoms with Gasteiger partial charge in [0.2, 0.25) is 0 Å². The fourth-order valence-electron chi connectivity index (χ4n) is 2.11. The molecule has 0 bridgehead atoms. The summed E-state index contributed by atoms with van der Waals surface area (Å²) in [4.78, 5) is 24.9. The molecule has 22 heavy (non-hydrogen) atoms. The summed E-state index contributed by atoms with van der Waals surface area (Å²) in [7, 11) is 0. The van der Waals surface area contributed by atoms with Gasteiger partial charge in [0, 0.05) is 6.54 Å². The van der Waals surface area contributed by atoms with Gasteiger partial charge in [-0.3, -0.25) is 9.69 Å². The molecule has 0 aromatic heterocycles. The van der Waals surface area contributed by atoms with Gasteiger partial charge in [-0.25, -0.2) is 9.18 Å². The number of rotatable bonds is 6. The van der Waals surface area contributed by atoms with Gasteiger partial charge in [-0.15, -0.1) is 0 Å². The molecule has 1 aliphatic heterocycles. The Kier molecular flexibility index (Phi) is 4.85. The number of amides is 2. The number of para-hydroxylation sites is 1. The monoisotopic (exact) mass is 310 g/mol. The highest BCUT2D eigenvalue weighted by Gasteiger charge is 2.35. The van der Waals surface area contributed by atoms with E-state index in [1.54, 1.807) is 17.0 Å². The number of hydrogen-bond acceptors (Lipinski definition) is 4. The lowest BCUT2D eigenvalue weighted by atomic mass is 10.0. The molecule has 120 valence electrons. The van der Waals surface area contributed by atoms with E-state index in [1.165, 1.54) is 12.1 Å². The molecule has 2 amide bonds. The van der Waals surface area contributed by atoms with Gasteiger partial charge < -0.3 is 14.8 Å². The van der Waals surface area contributed by atoms with Crippen LogP contribution >= 0.6 is 0 Å². The van der Waals surface area contributed by atoms with Gasteiger partial charge in [0.25, 0.3) is 5.91 Å². The minimum Gasteiger partial charge on any atom is -0.481 e. The molecule has 0 radical (unpaired) electrons. The molecule has 1 heterocycles. The normalized spacial score (nSPS) is 14.7. The first-order chi connectivity index (χ1) is 10.4. The Morgan fingerprint density at radius 3 is 2.82 bits per heavy atom. The highest BCUT2D eigenvalue weighted by molar-refractivity contribution is 5.77. The first-order valence-corrected chi connectivity index (χ1v) is 6.98. The van der Waals surface area contributed by atoms with Crippen LogP contribution in [0.25, 0.3) is 0 Å². The second kappa shape index (κ2) is 6.64. The van der Waals surface area contributed by atoms with E-state index < -0.39 is 11.4 Å². The molecular weight excluding hydrogens is 291 g/mol. The zero-order valence-electron chi connectivity index (χ0n) is 12.6. The smallest absolute Gasteiger partial charge is 0.410 e. The lowest BCUT2D eigenvalue weighted by Crippen LogP contribution is -2.52. The maximum absolute atomic E-state index is 13.3. The topological polar surface area (TPSA) is 67.9 Å². The molecule has 6 nitrogen and oxygen atoms in total. The Morgan fingerprint density at radius 1 is 1.45 bits per heavy atom. The van der Waals surface area contributed by atoms with Crippen molar-refractivity contribution < 1.29 is 23.5 Å². The van der Waals surface area contributed by atoms with Crippen LogP contribution < -0.4 is 10.1 Å². The maximum atomic E-state index is 13.3.